The standard InChI is InChI=1S/C22H25N5OS/c1-24-20-19(23)21(27-11-13-28-14-12-27)26-22(25-20)29-15-16-7-9-18(10-8-16)17-5-3-2-4-6-17/h2-10H,11-15,23H2,1H3,(H,24,25,26). The molecule has 1 saturated heterocycles. The number of nitrogens with two attached hydrogens (primary N) is 1. The fourth-order valence-corrected chi connectivity index (χ4v) is 4.08. The molecule has 4 rings (SSSR count). The van der Waals surface area contributed by atoms with Crippen molar-refractivity contribution in [2.24, 2.45) is 0 Å². The van der Waals surface area contributed by atoms with Crippen molar-refractivity contribution in [2.45, 2.75) is 10.9 Å². The maximum atomic E-state index is 6.29. The van der Waals surface area contributed by atoms with E-state index >= 15 is 0 Å². The van der Waals surface area contributed by atoms with Crippen LogP contribution in [-0.4, -0.2) is 43.3 Å². The second-order valence-corrected chi connectivity index (χ2v) is 7.74. The van der Waals surface area contributed by atoms with Crippen LogP contribution >= 0.6 is 11.8 Å². The van der Waals surface area contributed by atoms with Crippen LogP contribution < -0.4 is 16.0 Å². The number of aromatic nitrogens is 2. The Balaban J connectivity index is 1.49. The highest BCUT2D eigenvalue weighted by atomic mass is 32.2. The van der Waals surface area contributed by atoms with Crippen LogP contribution in [0.25, 0.3) is 11.1 Å². The molecule has 2 aromatic carbocycles. The van der Waals surface area contributed by atoms with Gasteiger partial charge < -0.3 is 20.7 Å². The highest BCUT2D eigenvalue weighted by Crippen LogP contribution is 2.32. The second-order valence-electron chi connectivity index (χ2n) is 6.79. The molecule has 29 heavy (non-hydrogen) atoms. The smallest absolute Gasteiger partial charge is 0.191 e. The van der Waals surface area contributed by atoms with E-state index < -0.39 is 0 Å². The Morgan fingerprint density at radius 1 is 1.00 bits per heavy atom. The molecule has 2 heterocycles. The Hall–Kier alpha value is -2.77. The molecule has 1 aliphatic rings. The number of hydrogen-bond acceptors (Lipinski definition) is 7. The number of rotatable bonds is 6. The number of anilines is 3. The van der Waals surface area contributed by atoms with Crippen molar-refractivity contribution in [3.05, 3.63) is 60.2 Å². The summed E-state index contributed by atoms with van der Waals surface area (Å²) in [6.45, 7) is 2.95. The number of nitrogens with one attached hydrogen (secondary N) is 1. The van der Waals surface area contributed by atoms with Crippen LogP contribution in [0.3, 0.4) is 0 Å². The molecule has 3 aromatic rings. The van der Waals surface area contributed by atoms with Gasteiger partial charge in [0.15, 0.2) is 16.8 Å². The lowest BCUT2D eigenvalue weighted by atomic mass is 10.0. The van der Waals surface area contributed by atoms with Gasteiger partial charge in [-0.2, -0.15) is 0 Å². The lowest BCUT2D eigenvalue weighted by Gasteiger charge is -2.29. The van der Waals surface area contributed by atoms with Gasteiger partial charge in [0.25, 0.3) is 0 Å². The van der Waals surface area contributed by atoms with Gasteiger partial charge in [-0.05, 0) is 16.7 Å². The molecule has 1 fully saturated rings. The normalized spacial score (nSPS) is 14.0. The van der Waals surface area contributed by atoms with E-state index in [0.717, 1.165) is 29.8 Å². The zero-order valence-corrected chi connectivity index (χ0v) is 17.3. The third-order valence-corrected chi connectivity index (χ3v) is 5.80. The Kier molecular flexibility index (Phi) is 6.17. The van der Waals surface area contributed by atoms with Crippen LogP contribution in [0.2, 0.25) is 0 Å². The predicted octanol–water partition coefficient (Wildman–Crippen LogP) is 3.90. The topological polar surface area (TPSA) is 76.3 Å². The van der Waals surface area contributed by atoms with Gasteiger partial charge in [0.1, 0.15) is 5.69 Å². The lowest BCUT2D eigenvalue weighted by molar-refractivity contribution is 0.122. The first kappa shape index (κ1) is 19.5. The minimum Gasteiger partial charge on any atom is -0.393 e. The molecule has 0 atom stereocenters. The van der Waals surface area contributed by atoms with Gasteiger partial charge in [0.05, 0.1) is 13.2 Å². The summed E-state index contributed by atoms with van der Waals surface area (Å²) in [4.78, 5) is 11.5. The summed E-state index contributed by atoms with van der Waals surface area (Å²) in [6, 6.07) is 19.0. The van der Waals surface area contributed by atoms with Crippen LogP contribution in [0.15, 0.2) is 59.8 Å². The maximum Gasteiger partial charge on any atom is 0.191 e. The van der Waals surface area contributed by atoms with Crippen molar-refractivity contribution in [2.75, 3.05) is 49.3 Å². The molecule has 0 radical (unpaired) electrons. The second kappa shape index (κ2) is 9.15. The summed E-state index contributed by atoms with van der Waals surface area (Å²) in [5.41, 5.74) is 10.6. The Morgan fingerprint density at radius 3 is 2.38 bits per heavy atom. The molecule has 0 saturated carbocycles. The first-order chi connectivity index (χ1) is 14.2. The first-order valence-corrected chi connectivity index (χ1v) is 10.7. The number of nitrogens with zero attached hydrogens (tertiary/aromatic N) is 3. The Labute approximate surface area is 175 Å². The molecule has 0 spiro atoms. The lowest BCUT2D eigenvalue weighted by Crippen LogP contribution is -2.37. The van der Waals surface area contributed by atoms with E-state index in [1.54, 1.807) is 11.8 Å². The molecular formula is C22H25N5OS. The predicted molar refractivity (Wildman–Crippen MR) is 120 cm³/mol. The van der Waals surface area contributed by atoms with Crippen LogP contribution in [0.1, 0.15) is 5.56 Å². The van der Waals surface area contributed by atoms with Crippen molar-refractivity contribution in [3.63, 3.8) is 0 Å². The van der Waals surface area contributed by atoms with E-state index in [0.29, 0.717) is 24.7 Å². The van der Waals surface area contributed by atoms with E-state index in [9.17, 15) is 0 Å². The summed E-state index contributed by atoms with van der Waals surface area (Å²) < 4.78 is 5.45. The van der Waals surface area contributed by atoms with Crippen molar-refractivity contribution >= 4 is 29.1 Å². The number of thioether (sulfide) groups is 1. The van der Waals surface area contributed by atoms with Crippen molar-refractivity contribution in [3.8, 4) is 11.1 Å². The zero-order chi connectivity index (χ0) is 20.1. The van der Waals surface area contributed by atoms with E-state index in [-0.39, 0.29) is 0 Å². The van der Waals surface area contributed by atoms with E-state index in [1.165, 1.54) is 16.7 Å². The minimum absolute atomic E-state index is 0.589. The van der Waals surface area contributed by atoms with Crippen LogP contribution in [-0.2, 0) is 10.5 Å². The van der Waals surface area contributed by atoms with Gasteiger partial charge in [0, 0.05) is 25.9 Å². The average molecular weight is 408 g/mol. The Morgan fingerprint density at radius 2 is 1.69 bits per heavy atom. The fraction of sp³-hybridized carbons (Fsp3) is 0.273. The fourth-order valence-electron chi connectivity index (χ4n) is 3.28. The van der Waals surface area contributed by atoms with Crippen LogP contribution in [0, 0.1) is 0 Å². The number of ether oxygens (including phenoxy) is 1. The largest absolute Gasteiger partial charge is 0.393 e. The van der Waals surface area contributed by atoms with Gasteiger partial charge in [-0.25, -0.2) is 9.97 Å². The molecule has 7 heteroatoms. The number of morpholine rings is 1. The first-order valence-electron chi connectivity index (χ1n) is 9.69. The van der Waals surface area contributed by atoms with Gasteiger partial charge in [-0.15, -0.1) is 0 Å². The van der Waals surface area contributed by atoms with Crippen molar-refractivity contribution in [1.82, 2.24) is 9.97 Å². The summed E-state index contributed by atoms with van der Waals surface area (Å²) in [7, 11) is 1.83. The van der Waals surface area contributed by atoms with E-state index in [4.69, 9.17) is 15.5 Å². The number of nitrogen functional groups attached to an aromatic ring is 1. The van der Waals surface area contributed by atoms with Gasteiger partial charge in [-0.3, -0.25) is 0 Å². The molecule has 3 N–H and O–H groups in total. The molecule has 0 bridgehead atoms. The molecular weight excluding hydrogens is 382 g/mol. The highest BCUT2D eigenvalue weighted by molar-refractivity contribution is 7.98. The SMILES string of the molecule is CNc1nc(SCc2ccc(-c3ccccc3)cc2)nc(N2CCOCC2)c1N. The molecule has 6 nitrogen and oxygen atoms in total. The number of hydrogen-bond donors (Lipinski definition) is 2. The summed E-state index contributed by atoms with van der Waals surface area (Å²) in [6.07, 6.45) is 0. The third kappa shape index (κ3) is 4.63. The minimum atomic E-state index is 0.589. The quantitative estimate of drug-likeness (QED) is 0.474. The summed E-state index contributed by atoms with van der Waals surface area (Å²) in [5, 5.41) is 3.81. The monoisotopic (exact) mass is 407 g/mol. The zero-order valence-electron chi connectivity index (χ0n) is 16.5. The Bertz CT molecular complexity index is 943. The molecule has 1 aliphatic heterocycles. The average Bonchev–Trinajstić information content (AvgIpc) is 2.80. The van der Waals surface area contributed by atoms with Gasteiger partial charge >= 0.3 is 0 Å². The van der Waals surface area contributed by atoms with Crippen molar-refractivity contribution < 1.29 is 4.74 Å². The highest BCUT2D eigenvalue weighted by Gasteiger charge is 2.19. The van der Waals surface area contributed by atoms with E-state index in [1.807, 2.05) is 13.1 Å². The third-order valence-electron chi connectivity index (χ3n) is 4.88. The molecule has 0 unspecified atom stereocenters. The molecule has 0 aliphatic carbocycles. The molecule has 150 valence electrons. The van der Waals surface area contributed by atoms with Crippen LogP contribution in [0.5, 0.6) is 0 Å². The summed E-state index contributed by atoms with van der Waals surface area (Å²) >= 11 is 1.62. The number of benzene rings is 2. The van der Waals surface area contributed by atoms with Crippen molar-refractivity contribution in [1.29, 1.82) is 0 Å². The summed E-state index contributed by atoms with van der Waals surface area (Å²) in [5.74, 6) is 2.25. The maximum absolute atomic E-state index is 6.29. The van der Waals surface area contributed by atoms with Gasteiger partial charge in [0.2, 0.25) is 0 Å². The van der Waals surface area contributed by atoms with Gasteiger partial charge in [-0.1, -0.05) is 66.4 Å². The van der Waals surface area contributed by atoms with Crippen LogP contribution in [0.4, 0.5) is 17.3 Å². The molecule has 0 amide bonds. The van der Waals surface area contributed by atoms with E-state index in [2.05, 4.69) is 63.7 Å². The molecule has 1 aromatic heterocycles.